The molecule has 3 aromatic rings. The third-order valence-electron chi connectivity index (χ3n) is 4.69. The van der Waals surface area contributed by atoms with Gasteiger partial charge in [0.2, 0.25) is 6.23 Å². The van der Waals surface area contributed by atoms with Gasteiger partial charge in [-0.1, -0.05) is 68.1 Å². The number of ether oxygens (including phenoxy) is 1. The predicted octanol–water partition coefficient (Wildman–Crippen LogP) is 4.76. The average molecular weight is 396 g/mol. The van der Waals surface area contributed by atoms with Crippen LogP contribution in [0.3, 0.4) is 0 Å². The molecule has 0 N–H and O–H groups in total. The highest BCUT2D eigenvalue weighted by Gasteiger charge is 2.28. The summed E-state index contributed by atoms with van der Waals surface area (Å²) < 4.78 is 8.02. The van der Waals surface area contributed by atoms with E-state index in [4.69, 9.17) is 21.3 Å². The van der Waals surface area contributed by atoms with Gasteiger partial charge in [-0.05, 0) is 18.6 Å². The quantitative estimate of drug-likeness (QED) is 0.427. The molecule has 3 heterocycles. The van der Waals surface area contributed by atoms with E-state index in [1.807, 2.05) is 41.0 Å². The number of benzene rings is 1. The second-order valence-corrected chi connectivity index (χ2v) is 7.08. The van der Waals surface area contributed by atoms with E-state index >= 15 is 0 Å². The van der Waals surface area contributed by atoms with Gasteiger partial charge in [-0.25, -0.2) is 9.98 Å². The van der Waals surface area contributed by atoms with E-state index in [9.17, 15) is 0 Å². The fraction of sp³-hybridized carbons (Fsp3) is 0.333. The molecule has 6 nitrogen and oxygen atoms in total. The summed E-state index contributed by atoms with van der Waals surface area (Å²) in [7, 11) is 0. The van der Waals surface area contributed by atoms with Crippen molar-refractivity contribution in [2.75, 3.05) is 6.61 Å². The van der Waals surface area contributed by atoms with Crippen LogP contribution in [0.5, 0.6) is 0 Å². The van der Waals surface area contributed by atoms with Crippen LogP contribution in [-0.4, -0.2) is 32.1 Å². The second-order valence-electron chi connectivity index (χ2n) is 6.69. The molecule has 1 aliphatic heterocycles. The van der Waals surface area contributed by atoms with Crippen molar-refractivity contribution in [2.24, 2.45) is 4.99 Å². The Hall–Kier alpha value is -2.57. The fourth-order valence-corrected chi connectivity index (χ4v) is 3.42. The van der Waals surface area contributed by atoms with Crippen molar-refractivity contribution in [2.45, 2.75) is 38.8 Å². The molecular formula is C21H22ClN5O. The lowest BCUT2D eigenvalue weighted by Crippen LogP contribution is -2.10. The van der Waals surface area contributed by atoms with Gasteiger partial charge in [-0.3, -0.25) is 4.57 Å². The summed E-state index contributed by atoms with van der Waals surface area (Å²) in [5, 5.41) is 8.77. The number of aromatic nitrogens is 4. The summed E-state index contributed by atoms with van der Waals surface area (Å²) in [5.74, 6) is 0.645. The third kappa shape index (κ3) is 3.84. The highest BCUT2D eigenvalue weighted by atomic mass is 35.5. The van der Waals surface area contributed by atoms with Crippen LogP contribution in [0.1, 0.15) is 55.9 Å². The molecule has 28 heavy (non-hydrogen) atoms. The minimum atomic E-state index is -0.549. The molecular weight excluding hydrogens is 374 g/mol. The largest absolute Gasteiger partial charge is 0.349 e. The van der Waals surface area contributed by atoms with Crippen LogP contribution in [0.15, 0.2) is 53.8 Å². The molecule has 1 aromatic carbocycles. The highest BCUT2D eigenvalue weighted by molar-refractivity contribution is 6.29. The lowest BCUT2D eigenvalue weighted by atomic mass is 10.1. The van der Waals surface area contributed by atoms with Crippen LogP contribution in [0.2, 0.25) is 5.15 Å². The molecule has 0 amide bonds. The van der Waals surface area contributed by atoms with Crippen molar-refractivity contribution in [1.82, 2.24) is 19.7 Å². The smallest absolute Gasteiger partial charge is 0.209 e. The maximum atomic E-state index is 6.21. The average Bonchev–Trinajstić information content (AvgIpc) is 3.16. The summed E-state index contributed by atoms with van der Waals surface area (Å²) in [5.41, 5.74) is 3.22. The zero-order valence-electron chi connectivity index (χ0n) is 15.8. The maximum Gasteiger partial charge on any atom is 0.209 e. The van der Waals surface area contributed by atoms with Gasteiger partial charge in [0.15, 0.2) is 5.82 Å². The molecule has 1 atom stereocenters. The zero-order valence-corrected chi connectivity index (χ0v) is 16.5. The van der Waals surface area contributed by atoms with Crippen molar-refractivity contribution in [1.29, 1.82) is 0 Å². The summed E-state index contributed by atoms with van der Waals surface area (Å²) in [4.78, 5) is 9.48. The number of pyridine rings is 1. The van der Waals surface area contributed by atoms with E-state index in [2.05, 4.69) is 22.1 Å². The number of rotatable bonds is 7. The summed E-state index contributed by atoms with van der Waals surface area (Å²) in [6.07, 6.45) is 5.65. The molecule has 0 fully saturated rings. The highest BCUT2D eigenvalue weighted by Crippen LogP contribution is 2.30. The molecule has 0 aliphatic carbocycles. The molecule has 0 bridgehead atoms. The Morgan fingerprint density at radius 1 is 1.07 bits per heavy atom. The number of hydrogen-bond donors (Lipinski definition) is 0. The molecule has 0 saturated heterocycles. The van der Waals surface area contributed by atoms with E-state index in [1.165, 1.54) is 12.8 Å². The summed E-state index contributed by atoms with van der Waals surface area (Å²) in [6.45, 7) is 2.81. The SMILES string of the molecule is CCCCCCOC1N=C(c2ccccc2)c2nc(Cl)ccc2-n2cnnc21. The molecule has 1 aliphatic rings. The Balaban J connectivity index is 1.76. The Morgan fingerprint density at radius 3 is 2.75 bits per heavy atom. The van der Waals surface area contributed by atoms with E-state index in [-0.39, 0.29) is 0 Å². The van der Waals surface area contributed by atoms with Gasteiger partial charge in [0.25, 0.3) is 0 Å². The Bertz CT molecular complexity index is 970. The second kappa shape index (κ2) is 8.63. The van der Waals surface area contributed by atoms with Crippen LogP contribution in [0, 0.1) is 0 Å². The molecule has 0 spiro atoms. The van der Waals surface area contributed by atoms with Gasteiger partial charge in [0.05, 0.1) is 11.4 Å². The lowest BCUT2D eigenvalue weighted by molar-refractivity contribution is 0.0495. The number of fused-ring (bicyclic) bond motifs is 3. The van der Waals surface area contributed by atoms with Gasteiger partial charge in [0.1, 0.15) is 17.2 Å². The van der Waals surface area contributed by atoms with Gasteiger partial charge < -0.3 is 4.74 Å². The maximum absolute atomic E-state index is 6.21. The molecule has 2 aromatic heterocycles. The number of unbranched alkanes of at least 4 members (excludes halogenated alkanes) is 3. The van der Waals surface area contributed by atoms with E-state index in [0.29, 0.717) is 23.3 Å². The Kier molecular flexibility index (Phi) is 5.78. The van der Waals surface area contributed by atoms with E-state index < -0.39 is 6.23 Å². The number of halogens is 1. The van der Waals surface area contributed by atoms with Crippen molar-refractivity contribution < 1.29 is 4.74 Å². The van der Waals surface area contributed by atoms with Crippen molar-refractivity contribution >= 4 is 17.3 Å². The van der Waals surface area contributed by atoms with Crippen LogP contribution in [-0.2, 0) is 4.74 Å². The number of hydrogen-bond acceptors (Lipinski definition) is 5. The Morgan fingerprint density at radius 2 is 1.93 bits per heavy atom. The van der Waals surface area contributed by atoms with E-state index in [0.717, 1.165) is 29.8 Å². The van der Waals surface area contributed by atoms with Gasteiger partial charge in [-0.15, -0.1) is 10.2 Å². The number of aliphatic imine (C=N–C) groups is 1. The first-order valence-corrected chi connectivity index (χ1v) is 9.97. The van der Waals surface area contributed by atoms with Gasteiger partial charge in [0, 0.05) is 12.2 Å². The number of nitrogens with zero attached hydrogens (tertiary/aromatic N) is 5. The first-order valence-electron chi connectivity index (χ1n) is 9.60. The molecule has 0 radical (unpaired) electrons. The standard InChI is InChI=1S/C21H22ClN5O/c1-2-3-4-8-13-28-21-20-26-23-14-27(20)16-11-12-17(22)24-19(16)18(25-21)15-9-6-5-7-10-15/h5-7,9-12,14,21H,2-4,8,13H2,1H3. The van der Waals surface area contributed by atoms with E-state index in [1.54, 1.807) is 12.4 Å². The summed E-state index contributed by atoms with van der Waals surface area (Å²) >= 11 is 6.21. The fourth-order valence-electron chi connectivity index (χ4n) is 3.27. The van der Waals surface area contributed by atoms with Crippen molar-refractivity contribution in [3.63, 3.8) is 0 Å². The molecule has 1 unspecified atom stereocenters. The monoisotopic (exact) mass is 395 g/mol. The molecule has 0 saturated carbocycles. The van der Waals surface area contributed by atoms with Crippen LogP contribution >= 0.6 is 11.6 Å². The van der Waals surface area contributed by atoms with Gasteiger partial charge in [-0.2, -0.15) is 0 Å². The molecule has 4 rings (SSSR count). The minimum Gasteiger partial charge on any atom is -0.349 e. The predicted molar refractivity (Wildman–Crippen MR) is 109 cm³/mol. The lowest BCUT2D eigenvalue weighted by Gasteiger charge is -2.13. The summed E-state index contributed by atoms with van der Waals surface area (Å²) in [6, 6.07) is 13.6. The van der Waals surface area contributed by atoms with Crippen molar-refractivity contribution in [3.8, 4) is 5.69 Å². The normalized spacial score (nSPS) is 15.5. The minimum absolute atomic E-state index is 0.413. The molecule has 7 heteroatoms. The third-order valence-corrected chi connectivity index (χ3v) is 4.90. The Labute approximate surface area is 169 Å². The van der Waals surface area contributed by atoms with Crippen LogP contribution in [0.4, 0.5) is 0 Å². The molecule has 144 valence electrons. The first kappa shape index (κ1) is 18.8. The topological polar surface area (TPSA) is 65.2 Å². The van der Waals surface area contributed by atoms with Crippen LogP contribution in [0.25, 0.3) is 5.69 Å². The zero-order chi connectivity index (χ0) is 19.3. The van der Waals surface area contributed by atoms with Gasteiger partial charge >= 0.3 is 0 Å². The van der Waals surface area contributed by atoms with Crippen molar-refractivity contribution in [3.05, 3.63) is 71.0 Å². The van der Waals surface area contributed by atoms with Crippen LogP contribution < -0.4 is 0 Å². The first-order chi connectivity index (χ1) is 13.8.